The number of nitrogens with one attached hydrogen (secondary N) is 1. The topological polar surface area (TPSA) is 122 Å². The summed E-state index contributed by atoms with van der Waals surface area (Å²) in [6, 6.07) is 0. The molecule has 0 spiro atoms. The SMILES string of the molecule is C#Cc1cn([C@@H]2O[C@H]([C@H](O)C3CCC(Cl)C(Cl)C3)[C@@H](O)[C@H]2O)c2ncnc(NOC)c12. The first-order valence-corrected chi connectivity index (χ1v) is 10.8. The fourth-order valence-corrected chi connectivity index (χ4v) is 5.03. The van der Waals surface area contributed by atoms with Crippen LogP contribution in [-0.4, -0.2) is 72.1 Å². The van der Waals surface area contributed by atoms with Crippen molar-refractivity contribution in [3.05, 3.63) is 18.1 Å². The highest BCUT2D eigenvalue weighted by molar-refractivity contribution is 6.30. The standard InChI is InChI=1S/C20H24Cl2N4O5/c1-3-9-7-26(19-13(9)18(25-30-2)23-8-24-19)20-16(29)15(28)17(31-20)14(27)10-4-5-11(21)12(22)6-10/h1,7-8,10-12,14-17,20,27-29H,4-6H2,2H3,(H,23,24,25)/t10?,11?,12?,14-,15+,16-,17-,20-/m1/s1. The fraction of sp³-hybridized carbons (Fsp3) is 0.600. The van der Waals surface area contributed by atoms with Crippen LogP contribution in [0.4, 0.5) is 5.82 Å². The second-order valence-electron chi connectivity index (χ2n) is 7.89. The van der Waals surface area contributed by atoms with Crippen LogP contribution in [0, 0.1) is 18.3 Å². The van der Waals surface area contributed by atoms with E-state index in [4.69, 9.17) is 39.2 Å². The Bertz CT molecular complexity index is 982. The lowest BCUT2D eigenvalue weighted by Crippen LogP contribution is -2.45. The van der Waals surface area contributed by atoms with E-state index in [-0.39, 0.29) is 16.7 Å². The van der Waals surface area contributed by atoms with Crippen molar-refractivity contribution < 1.29 is 24.9 Å². The zero-order valence-corrected chi connectivity index (χ0v) is 18.2. The van der Waals surface area contributed by atoms with Gasteiger partial charge < -0.3 is 24.6 Å². The summed E-state index contributed by atoms with van der Waals surface area (Å²) in [5, 5.41) is 32.4. The number of nitrogens with zero attached hydrogens (tertiary/aromatic N) is 3. The number of aliphatic hydroxyl groups excluding tert-OH is 3. The van der Waals surface area contributed by atoms with Crippen LogP contribution in [0.25, 0.3) is 11.0 Å². The highest BCUT2D eigenvalue weighted by atomic mass is 35.5. The highest BCUT2D eigenvalue weighted by Gasteiger charge is 2.49. The maximum Gasteiger partial charge on any atom is 0.164 e. The van der Waals surface area contributed by atoms with Crippen molar-refractivity contribution in [2.75, 3.05) is 12.6 Å². The van der Waals surface area contributed by atoms with Crippen molar-refractivity contribution in [1.82, 2.24) is 14.5 Å². The van der Waals surface area contributed by atoms with E-state index in [1.54, 1.807) is 6.20 Å². The molecule has 31 heavy (non-hydrogen) atoms. The van der Waals surface area contributed by atoms with Crippen LogP contribution in [0.5, 0.6) is 0 Å². The maximum atomic E-state index is 10.9. The number of hydrogen-bond acceptors (Lipinski definition) is 8. The molecule has 168 valence electrons. The first-order valence-electron chi connectivity index (χ1n) is 9.96. The average Bonchev–Trinajstić information content (AvgIpc) is 3.28. The summed E-state index contributed by atoms with van der Waals surface area (Å²) >= 11 is 12.5. The summed E-state index contributed by atoms with van der Waals surface area (Å²) in [7, 11) is 1.44. The van der Waals surface area contributed by atoms with Crippen LogP contribution in [0.2, 0.25) is 0 Å². The molecule has 1 aliphatic heterocycles. The summed E-state index contributed by atoms with van der Waals surface area (Å²) in [5.41, 5.74) is 3.49. The van der Waals surface area contributed by atoms with Crippen molar-refractivity contribution in [3.8, 4) is 12.3 Å². The molecule has 0 aromatic carbocycles. The summed E-state index contributed by atoms with van der Waals surface area (Å²) in [4.78, 5) is 13.3. The Kier molecular flexibility index (Phi) is 6.60. The Morgan fingerprint density at radius 3 is 2.74 bits per heavy atom. The van der Waals surface area contributed by atoms with E-state index in [1.165, 1.54) is 18.0 Å². The molecule has 1 aliphatic carbocycles. The van der Waals surface area contributed by atoms with Gasteiger partial charge in [0, 0.05) is 11.6 Å². The minimum Gasteiger partial charge on any atom is -0.390 e. The number of aromatic nitrogens is 3. The number of hydrogen-bond donors (Lipinski definition) is 4. The van der Waals surface area contributed by atoms with E-state index in [0.717, 1.165) is 0 Å². The number of rotatable bonds is 5. The molecule has 4 N–H and O–H groups in total. The third-order valence-corrected chi connectivity index (χ3v) is 7.20. The van der Waals surface area contributed by atoms with Gasteiger partial charge in [-0.15, -0.1) is 29.6 Å². The average molecular weight is 471 g/mol. The minimum absolute atomic E-state index is 0.152. The van der Waals surface area contributed by atoms with Crippen molar-refractivity contribution in [1.29, 1.82) is 0 Å². The van der Waals surface area contributed by atoms with E-state index in [1.807, 2.05) is 0 Å². The van der Waals surface area contributed by atoms with Gasteiger partial charge in [0.2, 0.25) is 0 Å². The zero-order chi connectivity index (χ0) is 22.3. The molecular weight excluding hydrogens is 447 g/mol. The summed E-state index contributed by atoms with van der Waals surface area (Å²) in [6.45, 7) is 0. The van der Waals surface area contributed by atoms with Gasteiger partial charge in [-0.25, -0.2) is 15.4 Å². The maximum absolute atomic E-state index is 10.9. The van der Waals surface area contributed by atoms with Gasteiger partial charge in [0.05, 0.1) is 29.5 Å². The van der Waals surface area contributed by atoms with E-state index in [0.29, 0.717) is 41.7 Å². The third-order valence-electron chi connectivity index (χ3n) is 6.07. The lowest BCUT2D eigenvalue weighted by molar-refractivity contribution is -0.104. The Balaban J connectivity index is 1.63. The number of alkyl halides is 2. The molecule has 4 rings (SSSR count). The lowest BCUT2D eigenvalue weighted by Gasteiger charge is -2.35. The molecule has 1 saturated carbocycles. The van der Waals surface area contributed by atoms with Gasteiger partial charge in [0.1, 0.15) is 30.3 Å². The van der Waals surface area contributed by atoms with E-state index < -0.39 is 30.6 Å². The number of terminal acetylenes is 1. The summed E-state index contributed by atoms with van der Waals surface area (Å²) in [5.74, 6) is 2.71. The van der Waals surface area contributed by atoms with Gasteiger partial charge in [0.25, 0.3) is 0 Å². The van der Waals surface area contributed by atoms with Gasteiger partial charge >= 0.3 is 0 Å². The Hall–Kier alpha value is -1.64. The van der Waals surface area contributed by atoms with E-state index in [2.05, 4.69) is 21.4 Å². The Labute approximate surface area is 189 Å². The van der Waals surface area contributed by atoms with Crippen molar-refractivity contribution in [2.24, 2.45) is 5.92 Å². The first kappa shape index (κ1) is 22.6. The van der Waals surface area contributed by atoms with Gasteiger partial charge in [-0.2, -0.15) is 0 Å². The molecule has 3 heterocycles. The third kappa shape index (κ3) is 3.98. The first-order chi connectivity index (χ1) is 14.9. The number of aliphatic hydroxyl groups is 3. The molecule has 0 radical (unpaired) electrons. The molecule has 2 aromatic rings. The molecule has 2 aromatic heterocycles. The normalized spacial score (nSPS) is 34.5. The molecule has 2 aliphatic rings. The minimum atomic E-state index is -1.31. The van der Waals surface area contributed by atoms with Gasteiger partial charge in [-0.05, 0) is 25.2 Å². The van der Waals surface area contributed by atoms with Crippen molar-refractivity contribution in [2.45, 2.75) is 60.7 Å². The molecule has 11 heteroatoms. The number of halogens is 2. The van der Waals surface area contributed by atoms with Crippen LogP contribution >= 0.6 is 23.2 Å². The molecule has 0 amide bonds. The highest BCUT2D eigenvalue weighted by Crippen LogP contribution is 2.40. The zero-order valence-electron chi connectivity index (χ0n) is 16.7. The Morgan fingerprint density at radius 2 is 2.06 bits per heavy atom. The number of anilines is 1. The molecule has 0 bridgehead atoms. The largest absolute Gasteiger partial charge is 0.390 e. The quantitative estimate of drug-likeness (QED) is 0.293. The van der Waals surface area contributed by atoms with Gasteiger partial charge in [-0.1, -0.05) is 5.92 Å². The van der Waals surface area contributed by atoms with Crippen LogP contribution in [0.15, 0.2) is 12.5 Å². The number of fused-ring (bicyclic) bond motifs is 1. The predicted octanol–water partition coefficient (Wildman–Crippen LogP) is 1.38. The molecule has 8 atom stereocenters. The molecule has 1 saturated heterocycles. The van der Waals surface area contributed by atoms with Gasteiger partial charge in [-0.3, -0.25) is 4.84 Å². The molecular formula is C20H24Cl2N4O5. The predicted molar refractivity (Wildman–Crippen MR) is 115 cm³/mol. The molecule has 3 unspecified atom stereocenters. The fourth-order valence-electron chi connectivity index (χ4n) is 4.45. The van der Waals surface area contributed by atoms with Crippen LogP contribution in [-0.2, 0) is 9.57 Å². The van der Waals surface area contributed by atoms with Crippen LogP contribution in [0.3, 0.4) is 0 Å². The second kappa shape index (κ2) is 9.08. The second-order valence-corrected chi connectivity index (χ2v) is 9.01. The summed E-state index contributed by atoms with van der Waals surface area (Å²) < 4.78 is 7.51. The van der Waals surface area contributed by atoms with Gasteiger partial charge in [0.15, 0.2) is 12.0 Å². The lowest BCUT2D eigenvalue weighted by atomic mass is 9.81. The van der Waals surface area contributed by atoms with Crippen molar-refractivity contribution >= 4 is 40.1 Å². The molecule has 2 fully saturated rings. The molecule has 9 nitrogen and oxygen atoms in total. The Morgan fingerprint density at radius 1 is 1.29 bits per heavy atom. The monoisotopic (exact) mass is 470 g/mol. The smallest absolute Gasteiger partial charge is 0.164 e. The van der Waals surface area contributed by atoms with Crippen molar-refractivity contribution in [3.63, 3.8) is 0 Å². The van der Waals surface area contributed by atoms with E-state index in [9.17, 15) is 15.3 Å². The van der Waals surface area contributed by atoms with E-state index >= 15 is 0 Å². The number of ether oxygens (including phenoxy) is 1. The van der Waals surface area contributed by atoms with Crippen LogP contribution in [0.1, 0.15) is 31.1 Å². The summed E-state index contributed by atoms with van der Waals surface area (Å²) in [6.07, 6.45) is 4.69. The van der Waals surface area contributed by atoms with Crippen LogP contribution < -0.4 is 5.48 Å².